The van der Waals surface area contributed by atoms with Crippen molar-refractivity contribution in [2.45, 2.75) is 46.0 Å². The first-order valence-electron chi connectivity index (χ1n) is 12.6. The van der Waals surface area contributed by atoms with Crippen LogP contribution in [0.5, 0.6) is 11.5 Å². The lowest BCUT2D eigenvalue weighted by Crippen LogP contribution is -2.38. The van der Waals surface area contributed by atoms with Gasteiger partial charge >= 0.3 is 5.97 Å². The fourth-order valence-corrected chi connectivity index (χ4v) is 7.92. The smallest absolute Gasteiger partial charge is 0.307 e. The number of nitrogens with one attached hydrogen (secondary N) is 2. The molecule has 2 bridgehead atoms. The number of carbonyl (C=O) groups is 3. The lowest BCUT2D eigenvalue weighted by molar-refractivity contribution is -0.148. The van der Waals surface area contributed by atoms with E-state index in [2.05, 4.69) is 10.6 Å². The average molecular weight is 525 g/mol. The predicted molar refractivity (Wildman–Crippen MR) is 142 cm³/mol. The van der Waals surface area contributed by atoms with Crippen molar-refractivity contribution < 1.29 is 29.0 Å². The number of aliphatic carboxylic acids is 1. The second kappa shape index (κ2) is 9.85. The largest absolute Gasteiger partial charge is 0.497 e. The summed E-state index contributed by atoms with van der Waals surface area (Å²) < 4.78 is 10.7. The number of benzene rings is 1. The van der Waals surface area contributed by atoms with Gasteiger partial charge in [-0.25, -0.2) is 0 Å². The molecule has 0 aliphatic heterocycles. The van der Waals surface area contributed by atoms with Gasteiger partial charge in [-0.15, -0.1) is 11.3 Å². The molecule has 2 fully saturated rings. The zero-order valence-corrected chi connectivity index (χ0v) is 22.3. The Morgan fingerprint density at radius 3 is 2.38 bits per heavy atom. The minimum atomic E-state index is -0.928. The van der Waals surface area contributed by atoms with Crippen LogP contribution in [-0.4, -0.2) is 37.1 Å². The third kappa shape index (κ3) is 4.29. The van der Waals surface area contributed by atoms with Gasteiger partial charge in [-0.2, -0.15) is 0 Å². The van der Waals surface area contributed by atoms with Gasteiger partial charge < -0.3 is 25.2 Å². The number of fused-ring (bicyclic) bond motifs is 3. The molecule has 1 heterocycles. The SMILES string of the molecule is COc1ccc(OC)c(NC(=O)c2c(NC(=O)[C@@H]3[C@@H](C(=O)O)[C@H]4CC[C@H]3C4=C(C)C)sc3c2CCC3)c1. The van der Waals surface area contributed by atoms with Crippen molar-refractivity contribution in [2.24, 2.45) is 23.7 Å². The van der Waals surface area contributed by atoms with E-state index in [9.17, 15) is 19.5 Å². The van der Waals surface area contributed by atoms with Crippen LogP contribution in [0.15, 0.2) is 29.3 Å². The minimum Gasteiger partial charge on any atom is -0.497 e. The Labute approximate surface area is 220 Å². The number of rotatable bonds is 7. The molecule has 9 heteroatoms. The Balaban J connectivity index is 1.46. The maximum atomic E-state index is 13.7. The van der Waals surface area contributed by atoms with Crippen molar-refractivity contribution in [2.75, 3.05) is 24.9 Å². The maximum absolute atomic E-state index is 13.7. The highest BCUT2D eigenvalue weighted by molar-refractivity contribution is 7.17. The van der Waals surface area contributed by atoms with E-state index in [1.54, 1.807) is 25.3 Å². The molecule has 3 aliphatic rings. The van der Waals surface area contributed by atoms with E-state index in [4.69, 9.17) is 9.47 Å². The van der Waals surface area contributed by atoms with E-state index in [1.165, 1.54) is 18.4 Å². The van der Waals surface area contributed by atoms with Gasteiger partial charge in [0.1, 0.15) is 16.5 Å². The molecule has 4 atom stereocenters. The van der Waals surface area contributed by atoms with Crippen molar-refractivity contribution in [1.82, 2.24) is 0 Å². The first kappa shape index (κ1) is 25.3. The number of amides is 2. The number of carbonyl (C=O) groups excluding carboxylic acids is 2. The van der Waals surface area contributed by atoms with Crippen LogP contribution in [0.25, 0.3) is 0 Å². The number of thiophene rings is 1. The van der Waals surface area contributed by atoms with E-state index < -0.39 is 17.8 Å². The molecule has 8 nitrogen and oxygen atoms in total. The van der Waals surface area contributed by atoms with Crippen molar-refractivity contribution in [3.8, 4) is 11.5 Å². The van der Waals surface area contributed by atoms with Gasteiger partial charge in [0.25, 0.3) is 5.91 Å². The fraction of sp³-hybridized carbons (Fsp3) is 0.464. The molecule has 0 unspecified atom stereocenters. The van der Waals surface area contributed by atoms with Crippen LogP contribution in [0.3, 0.4) is 0 Å². The molecule has 0 radical (unpaired) electrons. The number of methoxy groups -OCH3 is 2. The van der Waals surface area contributed by atoms with Crippen LogP contribution < -0.4 is 20.1 Å². The van der Waals surface area contributed by atoms with Crippen molar-refractivity contribution in [3.05, 3.63) is 45.3 Å². The molecule has 2 saturated carbocycles. The Bertz CT molecular complexity index is 1310. The second-order valence-corrected chi connectivity index (χ2v) is 11.3. The van der Waals surface area contributed by atoms with Gasteiger partial charge in [0.2, 0.25) is 5.91 Å². The van der Waals surface area contributed by atoms with Crippen molar-refractivity contribution in [1.29, 1.82) is 0 Å². The number of carboxylic acid groups (broad SMARTS) is 1. The Kier molecular flexibility index (Phi) is 6.74. The summed E-state index contributed by atoms with van der Waals surface area (Å²) in [4.78, 5) is 40.6. The maximum Gasteiger partial charge on any atom is 0.307 e. The normalized spacial score (nSPS) is 23.5. The summed E-state index contributed by atoms with van der Waals surface area (Å²) in [6.07, 6.45) is 4.18. The van der Waals surface area contributed by atoms with Crippen molar-refractivity contribution >= 4 is 39.8 Å². The third-order valence-corrected chi connectivity index (χ3v) is 9.25. The minimum absolute atomic E-state index is 0.0683. The number of aryl methyl sites for hydroxylation is 1. The van der Waals surface area contributed by atoms with Crippen LogP contribution in [-0.2, 0) is 22.4 Å². The molecule has 1 aromatic heterocycles. The quantitative estimate of drug-likeness (QED) is 0.432. The lowest BCUT2D eigenvalue weighted by atomic mass is 9.79. The van der Waals surface area contributed by atoms with E-state index >= 15 is 0 Å². The number of hydrogen-bond donors (Lipinski definition) is 3. The summed E-state index contributed by atoms with van der Waals surface area (Å²) in [5.74, 6) is -2.07. The van der Waals surface area contributed by atoms with Crippen molar-refractivity contribution in [3.63, 3.8) is 0 Å². The van der Waals surface area contributed by atoms with Crippen LogP contribution in [0.2, 0.25) is 0 Å². The molecule has 1 aromatic carbocycles. The summed E-state index contributed by atoms with van der Waals surface area (Å²) in [5.41, 5.74) is 4.11. The molecule has 196 valence electrons. The number of allylic oxidation sites excluding steroid dienone is 2. The molecule has 2 amide bonds. The monoisotopic (exact) mass is 524 g/mol. The zero-order chi connectivity index (χ0) is 26.4. The van der Waals surface area contributed by atoms with E-state index in [0.717, 1.165) is 53.7 Å². The van der Waals surface area contributed by atoms with Crippen LogP contribution in [0, 0.1) is 23.7 Å². The molecular formula is C28H32N2O6S. The zero-order valence-electron chi connectivity index (χ0n) is 21.5. The highest BCUT2D eigenvalue weighted by atomic mass is 32.1. The van der Waals surface area contributed by atoms with Gasteiger partial charge in [0.05, 0.1) is 37.3 Å². The average Bonchev–Trinajstić information content (AvgIpc) is 3.62. The van der Waals surface area contributed by atoms with Gasteiger partial charge in [-0.05, 0) is 75.5 Å². The van der Waals surface area contributed by atoms with Gasteiger partial charge in [-0.1, -0.05) is 11.1 Å². The summed E-state index contributed by atoms with van der Waals surface area (Å²) >= 11 is 1.42. The highest BCUT2D eigenvalue weighted by Crippen LogP contribution is 2.57. The van der Waals surface area contributed by atoms with E-state index in [1.807, 2.05) is 13.8 Å². The number of ether oxygens (including phenoxy) is 2. The van der Waals surface area contributed by atoms with Crippen LogP contribution in [0.4, 0.5) is 10.7 Å². The van der Waals surface area contributed by atoms with Crippen LogP contribution >= 0.6 is 11.3 Å². The molecule has 37 heavy (non-hydrogen) atoms. The molecule has 2 aromatic rings. The third-order valence-electron chi connectivity index (χ3n) is 8.05. The number of carboxylic acids is 1. The molecule has 3 aliphatic carbocycles. The molecule has 0 spiro atoms. The number of hydrogen-bond acceptors (Lipinski definition) is 6. The standard InChI is InChI=1S/C28H32N2O6S/c1-13(2)21-16-9-10-17(21)23(28(33)34)22(16)25(31)30-27-24(15-6-5-7-20(15)37-27)26(32)29-18-12-14(35-3)8-11-19(18)36-4/h8,11-12,16-17,22-23H,5-7,9-10H2,1-4H3,(H,29,32)(H,30,31)(H,33,34)/t16-,17-,22-,23-/m0/s1. The van der Waals surface area contributed by atoms with Gasteiger partial charge in [-0.3, -0.25) is 14.4 Å². The first-order valence-corrected chi connectivity index (χ1v) is 13.5. The molecule has 3 N–H and O–H groups in total. The molecule has 5 rings (SSSR count). The van der Waals surface area contributed by atoms with Crippen LogP contribution in [0.1, 0.15) is 53.9 Å². The first-order chi connectivity index (χ1) is 17.7. The van der Waals surface area contributed by atoms with Gasteiger partial charge in [0, 0.05) is 10.9 Å². The fourth-order valence-electron chi connectivity index (χ4n) is 6.63. The highest BCUT2D eigenvalue weighted by Gasteiger charge is 2.57. The van der Waals surface area contributed by atoms with E-state index in [-0.39, 0.29) is 23.7 Å². The predicted octanol–water partition coefficient (Wildman–Crippen LogP) is 5.14. The Morgan fingerprint density at radius 1 is 1.00 bits per heavy atom. The van der Waals surface area contributed by atoms with E-state index in [0.29, 0.717) is 27.8 Å². The Morgan fingerprint density at radius 2 is 1.73 bits per heavy atom. The van der Waals surface area contributed by atoms with Gasteiger partial charge in [0.15, 0.2) is 0 Å². The number of anilines is 2. The summed E-state index contributed by atoms with van der Waals surface area (Å²) in [5, 5.41) is 16.5. The topological polar surface area (TPSA) is 114 Å². The second-order valence-electron chi connectivity index (χ2n) is 10.2. The lowest BCUT2D eigenvalue weighted by Gasteiger charge is -2.26. The summed E-state index contributed by atoms with van der Waals surface area (Å²) in [6, 6.07) is 5.16. The Hall–Kier alpha value is -3.33. The summed E-state index contributed by atoms with van der Waals surface area (Å²) in [7, 11) is 3.08. The summed E-state index contributed by atoms with van der Waals surface area (Å²) in [6.45, 7) is 4.00. The molecular weight excluding hydrogens is 492 g/mol. The molecule has 0 saturated heterocycles.